The smallest absolute Gasteiger partial charge is 0.303 e. The van der Waals surface area contributed by atoms with E-state index >= 15 is 27.6 Å². The van der Waals surface area contributed by atoms with Crippen LogP contribution in [0.1, 0.15) is 216 Å². The van der Waals surface area contributed by atoms with Crippen LogP contribution in [-0.2, 0) is 36.0 Å². The highest BCUT2D eigenvalue weighted by Crippen LogP contribution is 2.50. The van der Waals surface area contributed by atoms with E-state index in [9.17, 15) is 19.5 Å². The van der Waals surface area contributed by atoms with E-state index in [1.54, 1.807) is 36.4 Å². The molecule has 15 nitrogen and oxygen atoms in total. The molecule has 9 rings (SSSR count). The van der Waals surface area contributed by atoms with Crippen LogP contribution in [0.25, 0.3) is 43.1 Å². The van der Waals surface area contributed by atoms with E-state index in [0.717, 1.165) is 114 Å². The highest BCUT2D eigenvalue weighted by Gasteiger charge is 2.46. The second-order valence-electron chi connectivity index (χ2n) is 22.4. The minimum atomic E-state index is -1.75. The maximum absolute atomic E-state index is 15.5. The van der Waals surface area contributed by atoms with E-state index in [1.165, 1.54) is 4.90 Å². The topological polar surface area (TPSA) is 216 Å². The molecule has 3 aliphatic heterocycles. The van der Waals surface area contributed by atoms with Gasteiger partial charge in [-0.15, -0.1) is 0 Å². The Morgan fingerprint density at radius 2 is 1.11 bits per heavy atom. The van der Waals surface area contributed by atoms with Crippen molar-refractivity contribution in [2.24, 2.45) is 0 Å². The molecule has 0 aromatic heterocycles. The van der Waals surface area contributed by atoms with Crippen LogP contribution in [0.15, 0.2) is 46.2 Å². The number of nitrogens with one attached hydrogen (secondary N) is 3. The average molecular weight is 1120 g/mol. The first-order chi connectivity index (χ1) is 38.3. The van der Waals surface area contributed by atoms with Gasteiger partial charge in [0, 0.05) is 94.9 Å². The van der Waals surface area contributed by atoms with Crippen molar-refractivity contribution in [1.29, 1.82) is 0 Å². The van der Waals surface area contributed by atoms with E-state index < -0.39 is 81.7 Å². The number of nitrogens with zero attached hydrogens (tertiary/aromatic N) is 2. The molecule has 3 heterocycles. The quantitative estimate of drug-likeness (QED) is 0.0153. The fourth-order valence-corrected chi connectivity index (χ4v) is 15.7. The number of hydrogen-bond acceptors (Lipinski definition) is 10. The molecule has 1 saturated carbocycles. The van der Waals surface area contributed by atoms with Crippen LogP contribution in [0.2, 0.25) is 0 Å². The van der Waals surface area contributed by atoms with Gasteiger partial charge < -0.3 is 21.1 Å². The minimum Gasteiger partial charge on any atom is -0.481 e. The second-order valence-corrected chi connectivity index (χ2v) is 25.5. The Bertz CT molecular complexity index is 3210. The molecule has 2 fully saturated rings. The van der Waals surface area contributed by atoms with Crippen molar-refractivity contribution in [1.82, 2.24) is 25.8 Å². The van der Waals surface area contributed by atoms with Crippen LogP contribution >= 0.6 is 0 Å². The third kappa shape index (κ3) is 11.8. The number of carboxylic acids is 1. The molecule has 0 spiro atoms. The maximum Gasteiger partial charge on any atom is 0.303 e. The predicted octanol–water partition coefficient (Wildman–Crippen LogP) is 11.0. The first-order valence-electron chi connectivity index (χ1n) is 29.7. The summed E-state index contributed by atoms with van der Waals surface area (Å²) in [4.78, 5) is 104. The summed E-state index contributed by atoms with van der Waals surface area (Å²) >= 11 is 0. The Kier molecular flexibility index (Phi) is 19.3. The Morgan fingerprint density at radius 1 is 0.608 bits per heavy atom. The largest absolute Gasteiger partial charge is 0.481 e. The summed E-state index contributed by atoms with van der Waals surface area (Å²) in [5, 5.41) is 22.9. The summed E-state index contributed by atoms with van der Waals surface area (Å²) in [5.41, 5.74) is 0.633. The van der Waals surface area contributed by atoms with Crippen molar-refractivity contribution in [3.05, 3.63) is 58.7 Å². The molecule has 2 unspecified atom stereocenters. The lowest BCUT2D eigenvalue weighted by Gasteiger charge is -2.41. The molecule has 0 bridgehead atoms. The molecule has 5 aromatic carbocycles. The summed E-state index contributed by atoms with van der Waals surface area (Å²) in [6, 6.07) is 7.18. The second kappa shape index (κ2) is 26.3. The molecule has 424 valence electrons. The van der Waals surface area contributed by atoms with Crippen LogP contribution in [0.4, 0.5) is 0 Å². The van der Waals surface area contributed by atoms with E-state index in [0.29, 0.717) is 86.0 Å². The van der Waals surface area contributed by atoms with Gasteiger partial charge in [-0.25, -0.2) is 0 Å². The van der Waals surface area contributed by atoms with Gasteiger partial charge >= 0.3 is 5.97 Å². The van der Waals surface area contributed by atoms with Gasteiger partial charge in [0.25, 0.3) is 23.6 Å². The molecule has 4 N–H and O–H groups in total. The zero-order valence-electron chi connectivity index (χ0n) is 46.4. The van der Waals surface area contributed by atoms with Crippen molar-refractivity contribution >= 4 is 106 Å². The summed E-state index contributed by atoms with van der Waals surface area (Å²) < 4.78 is 30.5. The molecular formula is C62H79N5O10S2. The molecule has 79 heavy (non-hydrogen) atoms. The SMILES string of the molecule is CCCCCCCCS(=O)c1cc2c3c(ccc4c5c(S(=O)CCCCCCCC)cc6c7c(ccc(c1c34)c75)C(=O)N([C@@H](CCC(=O)O)C(=O)NCCCCCC)C6=O)C(=O)N([C@@H]1CCCC[C@H]1NC(=O)[C@@H]1CCCN1)C2=O. The maximum atomic E-state index is 15.5. The third-order valence-electron chi connectivity index (χ3n) is 17.0. The van der Waals surface area contributed by atoms with Gasteiger partial charge in [-0.1, -0.05) is 129 Å². The van der Waals surface area contributed by atoms with Gasteiger partial charge in [-0.05, 0) is 92.9 Å². The molecule has 5 aromatic rings. The van der Waals surface area contributed by atoms with Crippen molar-refractivity contribution in [3.8, 4) is 0 Å². The fraction of sp³-hybridized carbons (Fsp3) is 0.565. The number of aliphatic carboxylic acids is 1. The summed E-state index contributed by atoms with van der Waals surface area (Å²) in [6.07, 6.45) is 18.3. The number of rotatable bonds is 29. The van der Waals surface area contributed by atoms with Gasteiger partial charge in [0.15, 0.2) is 0 Å². The standard InChI is InChI=1S/C62H79N5O10S2/c1-4-7-10-13-15-20-34-78(76)48-36-42-51-40(59(72)66(61(42)74)46-25-18-17-23-44(46)65-57(70)45-24-22-33-63-45)28-26-38-54-49(79(77)35-21-16-14-11-8-5-2)37-43-52-41(29-27-39(56(52)54)53(48)55(38)51)60(73)67(62(43)75)47(30-31-50(68)69)58(71)64-32-19-12-9-6-3/h26-29,36-37,44-47,63H,4-25,30-35H2,1-3H3,(H,64,71)(H,65,70)(H,68,69)/t44-,45+,46-,47+,78?,79?/m1/s1. The highest BCUT2D eigenvalue weighted by atomic mass is 32.2. The first kappa shape index (κ1) is 58.0. The van der Waals surface area contributed by atoms with Crippen LogP contribution in [0, 0.1) is 0 Å². The zero-order chi connectivity index (χ0) is 55.9. The molecule has 1 aliphatic carbocycles. The van der Waals surface area contributed by atoms with Crippen LogP contribution in [0.3, 0.4) is 0 Å². The number of fused-ring (bicyclic) bond motifs is 2. The van der Waals surface area contributed by atoms with E-state index in [4.69, 9.17) is 0 Å². The summed E-state index contributed by atoms with van der Waals surface area (Å²) in [5.74, 6) is -4.06. The lowest BCUT2D eigenvalue weighted by Crippen LogP contribution is -2.59. The number of hydrogen-bond donors (Lipinski definition) is 4. The van der Waals surface area contributed by atoms with Gasteiger partial charge in [0.05, 0.1) is 33.7 Å². The molecule has 17 heteroatoms. The van der Waals surface area contributed by atoms with Gasteiger partial charge in [-0.3, -0.25) is 51.8 Å². The lowest BCUT2D eigenvalue weighted by molar-refractivity contribution is -0.137. The number of carbonyl (C=O) groups is 7. The number of amides is 6. The highest BCUT2D eigenvalue weighted by molar-refractivity contribution is 7.85. The molecule has 6 atom stereocenters. The summed E-state index contributed by atoms with van der Waals surface area (Å²) in [6.45, 7) is 7.39. The van der Waals surface area contributed by atoms with Gasteiger partial charge in [0.1, 0.15) is 6.04 Å². The average Bonchev–Trinajstić information content (AvgIpc) is 2.79. The van der Waals surface area contributed by atoms with Crippen LogP contribution < -0.4 is 16.0 Å². The van der Waals surface area contributed by atoms with Gasteiger partial charge in [-0.2, -0.15) is 0 Å². The predicted molar refractivity (Wildman–Crippen MR) is 311 cm³/mol. The minimum absolute atomic E-state index is 0.0419. The number of unbranched alkanes of at least 4 members (excludes halogenated alkanes) is 13. The number of carboxylic acid groups (broad SMARTS) is 1. The van der Waals surface area contributed by atoms with Gasteiger partial charge in [0.2, 0.25) is 11.8 Å². The first-order valence-corrected chi connectivity index (χ1v) is 32.3. The van der Waals surface area contributed by atoms with E-state index in [-0.39, 0.29) is 64.1 Å². The van der Waals surface area contributed by atoms with E-state index in [1.807, 2.05) is 0 Å². The molecule has 0 radical (unpaired) electrons. The number of benzene rings is 5. The molecular weight excluding hydrogens is 1040 g/mol. The Hall–Kier alpha value is -5.65. The third-order valence-corrected chi connectivity index (χ3v) is 20.0. The monoisotopic (exact) mass is 1120 g/mol. The van der Waals surface area contributed by atoms with Crippen molar-refractivity contribution in [2.75, 3.05) is 24.6 Å². The van der Waals surface area contributed by atoms with Crippen molar-refractivity contribution in [2.45, 2.75) is 209 Å². The molecule has 6 amide bonds. The lowest BCUT2D eigenvalue weighted by atomic mass is 9.81. The Morgan fingerprint density at radius 3 is 1.67 bits per heavy atom. The van der Waals surface area contributed by atoms with Crippen molar-refractivity contribution in [3.63, 3.8) is 0 Å². The summed E-state index contributed by atoms with van der Waals surface area (Å²) in [7, 11) is -3.46. The van der Waals surface area contributed by atoms with Crippen LogP contribution in [0.5, 0.6) is 0 Å². The zero-order valence-corrected chi connectivity index (χ0v) is 48.0. The Balaban J connectivity index is 1.24. The fourth-order valence-electron chi connectivity index (χ4n) is 12.9. The molecule has 4 aliphatic rings. The Labute approximate surface area is 468 Å². The number of imide groups is 2. The van der Waals surface area contributed by atoms with Crippen LogP contribution in [-0.4, -0.2) is 113 Å². The van der Waals surface area contributed by atoms with E-state index in [2.05, 4.69) is 36.7 Å². The van der Waals surface area contributed by atoms with Crippen molar-refractivity contribution < 1.29 is 47.1 Å². The molecule has 1 saturated heterocycles. The normalized spacial score (nSPS) is 19.6. The number of carbonyl (C=O) groups excluding carboxylic acids is 6.